The number of carbonyl (C=O) groups excluding carboxylic acids is 2. The smallest absolute Gasteiger partial charge is 0.328 e. The third-order valence-corrected chi connectivity index (χ3v) is 1.41. The maximum Gasteiger partial charge on any atom is 0.328 e. The number of hydrogen-bond donors (Lipinski definition) is 1. The number of hydrogen-bond acceptors (Lipinski definition) is 3. The van der Waals surface area contributed by atoms with E-state index in [0.717, 1.165) is 6.42 Å². The normalized spacial score (nSPS) is 11.9. The van der Waals surface area contributed by atoms with Crippen molar-refractivity contribution in [3.05, 3.63) is 0 Å². The molecule has 0 spiro atoms. The van der Waals surface area contributed by atoms with E-state index in [-0.39, 0.29) is 5.91 Å². The number of amides is 1. The largest absolute Gasteiger partial charge is 0.467 e. The van der Waals surface area contributed by atoms with Crippen LogP contribution in [0.1, 0.15) is 26.7 Å². The molecule has 4 nitrogen and oxygen atoms in total. The van der Waals surface area contributed by atoms with Crippen LogP contribution >= 0.6 is 0 Å². The molecule has 0 saturated heterocycles. The molecular formula is C8H15NO3. The Balaban J connectivity index is 3.75. The quantitative estimate of drug-likeness (QED) is 0.628. The van der Waals surface area contributed by atoms with Crippen molar-refractivity contribution in [2.75, 3.05) is 7.11 Å². The molecule has 0 aliphatic carbocycles. The third-order valence-electron chi connectivity index (χ3n) is 1.41. The first-order valence-electron chi connectivity index (χ1n) is 3.99. The zero-order chi connectivity index (χ0) is 9.56. The van der Waals surface area contributed by atoms with Gasteiger partial charge in [0.2, 0.25) is 5.91 Å². The zero-order valence-electron chi connectivity index (χ0n) is 7.72. The fourth-order valence-electron chi connectivity index (χ4n) is 0.776. The van der Waals surface area contributed by atoms with Crippen molar-refractivity contribution in [2.45, 2.75) is 32.7 Å². The summed E-state index contributed by atoms with van der Waals surface area (Å²) in [6.45, 7) is 3.50. The van der Waals surface area contributed by atoms with E-state index >= 15 is 0 Å². The summed E-state index contributed by atoms with van der Waals surface area (Å²) in [6, 6.07) is -0.547. The molecule has 1 unspecified atom stereocenters. The van der Waals surface area contributed by atoms with Crippen molar-refractivity contribution in [3.8, 4) is 0 Å². The van der Waals surface area contributed by atoms with Crippen LogP contribution in [-0.2, 0) is 14.3 Å². The molecule has 0 rings (SSSR count). The van der Waals surface area contributed by atoms with Crippen LogP contribution in [0.3, 0.4) is 0 Å². The van der Waals surface area contributed by atoms with E-state index in [0.29, 0.717) is 6.42 Å². The lowest BCUT2D eigenvalue weighted by molar-refractivity contribution is -0.144. The maximum absolute atomic E-state index is 11.0. The third kappa shape index (κ3) is 3.95. The second-order valence-electron chi connectivity index (χ2n) is 2.56. The Morgan fingerprint density at radius 2 is 2.08 bits per heavy atom. The van der Waals surface area contributed by atoms with Gasteiger partial charge in [-0.3, -0.25) is 4.79 Å². The minimum atomic E-state index is -0.547. The van der Waals surface area contributed by atoms with Crippen LogP contribution in [-0.4, -0.2) is 25.0 Å². The Bertz CT molecular complexity index is 168. The monoisotopic (exact) mass is 173 g/mol. The number of carbonyl (C=O) groups is 2. The van der Waals surface area contributed by atoms with Crippen LogP contribution in [0.15, 0.2) is 0 Å². The first-order chi connectivity index (χ1) is 5.61. The van der Waals surface area contributed by atoms with E-state index in [9.17, 15) is 9.59 Å². The molecule has 0 aliphatic heterocycles. The molecular weight excluding hydrogens is 158 g/mol. The van der Waals surface area contributed by atoms with Crippen molar-refractivity contribution >= 4 is 11.9 Å². The van der Waals surface area contributed by atoms with E-state index in [2.05, 4.69) is 10.1 Å². The van der Waals surface area contributed by atoms with Crippen molar-refractivity contribution in [1.29, 1.82) is 0 Å². The maximum atomic E-state index is 11.0. The summed E-state index contributed by atoms with van der Waals surface area (Å²) >= 11 is 0. The van der Waals surface area contributed by atoms with Gasteiger partial charge in [0.05, 0.1) is 7.11 Å². The second-order valence-corrected chi connectivity index (χ2v) is 2.56. The van der Waals surface area contributed by atoms with Crippen LogP contribution < -0.4 is 5.32 Å². The van der Waals surface area contributed by atoms with Crippen molar-refractivity contribution in [3.63, 3.8) is 0 Å². The minimum Gasteiger partial charge on any atom is -0.467 e. The van der Waals surface area contributed by atoms with E-state index in [1.807, 2.05) is 6.92 Å². The summed E-state index contributed by atoms with van der Waals surface area (Å²) in [5, 5.41) is 2.52. The Morgan fingerprint density at radius 1 is 1.50 bits per heavy atom. The highest BCUT2D eigenvalue weighted by molar-refractivity contribution is 5.83. The first-order valence-corrected chi connectivity index (χ1v) is 3.99. The first kappa shape index (κ1) is 10.9. The summed E-state index contributed by atoms with van der Waals surface area (Å²) in [6.07, 6.45) is 1.22. The van der Waals surface area contributed by atoms with Gasteiger partial charge < -0.3 is 10.1 Å². The molecule has 0 aliphatic rings. The molecule has 1 N–H and O–H groups in total. The van der Waals surface area contributed by atoms with Crippen LogP contribution in [0.4, 0.5) is 0 Å². The minimum absolute atomic E-state index is 0.115. The van der Waals surface area contributed by atoms with Gasteiger partial charge in [-0.15, -0.1) is 0 Å². The lowest BCUT2D eigenvalue weighted by Crippen LogP contribution is -2.38. The van der Waals surface area contributed by atoms with Crippen LogP contribution in [0.25, 0.3) is 0 Å². The molecule has 0 bridgehead atoms. The van der Waals surface area contributed by atoms with Gasteiger partial charge in [0.1, 0.15) is 6.04 Å². The van der Waals surface area contributed by atoms with Gasteiger partial charge in [-0.25, -0.2) is 4.79 Å². The Kier molecular flexibility index (Phi) is 5.08. The summed E-state index contributed by atoms with van der Waals surface area (Å²) in [5.74, 6) is -0.533. The highest BCUT2D eigenvalue weighted by atomic mass is 16.5. The van der Waals surface area contributed by atoms with Crippen LogP contribution in [0, 0.1) is 0 Å². The Hall–Kier alpha value is -1.06. The van der Waals surface area contributed by atoms with Crippen molar-refractivity contribution < 1.29 is 14.3 Å². The van der Waals surface area contributed by atoms with Crippen LogP contribution in [0.2, 0.25) is 0 Å². The molecule has 0 aromatic carbocycles. The number of esters is 1. The van der Waals surface area contributed by atoms with Crippen molar-refractivity contribution in [2.24, 2.45) is 0 Å². The predicted octanol–water partition coefficient (Wildman–Crippen LogP) is 0.464. The molecule has 0 aromatic heterocycles. The van der Waals surface area contributed by atoms with Gasteiger partial charge in [-0.05, 0) is 13.3 Å². The van der Waals surface area contributed by atoms with E-state index in [1.54, 1.807) is 6.92 Å². The van der Waals surface area contributed by atoms with Crippen LogP contribution in [0.5, 0.6) is 0 Å². The number of nitrogens with one attached hydrogen (secondary N) is 1. The number of ether oxygens (including phenoxy) is 1. The van der Waals surface area contributed by atoms with E-state index in [4.69, 9.17) is 0 Å². The summed E-state index contributed by atoms with van der Waals surface area (Å²) in [5.41, 5.74) is 0. The zero-order valence-corrected chi connectivity index (χ0v) is 7.72. The topological polar surface area (TPSA) is 55.4 Å². The molecule has 0 radical (unpaired) electrons. The summed E-state index contributed by atoms with van der Waals surface area (Å²) in [4.78, 5) is 21.8. The molecule has 0 saturated carbocycles. The molecule has 70 valence electrons. The molecule has 1 atom stereocenters. The fourth-order valence-corrected chi connectivity index (χ4v) is 0.776. The highest BCUT2D eigenvalue weighted by Crippen LogP contribution is 1.90. The molecule has 12 heavy (non-hydrogen) atoms. The SMILES string of the molecule is CCCC(=O)NC(C)C(=O)OC. The standard InChI is InChI=1S/C8H15NO3/c1-4-5-7(10)9-6(2)8(11)12-3/h6H,4-5H2,1-3H3,(H,9,10). The summed E-state index contributed by atoms with van der Waals surface area (Å²) in [7, 11) is 1.30. The van der Waals surface area contributed by atoms with Gasteiger partial charge >= 0.3 is 5.97 Å². The average molecular weight is 173 g/mol. The predicted molar refractivity (Wildman–Crippen MR) is 44.5 cm³/mol. The lowest BCUT2D eigenvalue weighted by Gasteiger charge is -2.10. The Labute approximate surface area is 72.3 Å². The molecule has 0 aromatic rings. The van der Waals surface area contributed by atoms with E-state index in [1.165, 1.54) is 7.11 Å². The Morgan fingerprint density at radius 3 is 2.50 bits per heavy atom. The van der Waals surface area contributed by atoms with Gasteiger partial charge in [0.15, 0.2) is 0 Å². The highest BCUT2D eigenvalue weighted by Gasteiger charge is 2.14. The molecule has 1 amide bonds. The lowest BCUT2D eigenvalue weighted by atomic mass is 10.3. The average Bonchev–Trinajstić information content (AvgIpc) is 2.03. The van der Waals surface area contributed by atoms with E-state index < -0.39 is 12.0 Å². The molecule has 4 heteroatoms. The van der Waals surface area contributed by atoms with Gasteiger partial charge in [0, 0.05) is 6.42 Å². The van der Waals surface area contributed by atoms with Crippen molar-refractivity contribution in [1.82, 2.24) is 5.32 Å². The summed E-state index contributed by atoms with van der Waals surface area (Å²) < 4.78 is 4.44. The van der Waals surface area contributed by atoms with Gasteiger partial charge in [-0.1, -0.05) is 6.92 Å². The van der Waals surface area contributed by atoms with Gasteiger partial charge in [0.25, 0.3) is 0 Å². The second kappa shape index (κ2) is 5.57. The van der Waals surface area contributed by atoms with Gasteiger partial charge in [-0.2, -0.15) is 0 Å². The number of rotatable bonds is 4. The molecule has 0 heterocycles. The fraction of sp³-hybridized carbons (Fsp3) is 0.750. The molecule has 0 fully saturated rings. The number of methoxy groups -OCH3 is 1.